The highest BCUT2D eigenvalue weighted by Gasteiger charge is 2.20. The maximum atomic E-state index is 12.7. The van der Waals surface area contributed by atoms with Gasteiger partial charge in [-0.15, -0.1) is 0 Å². The molecule has 2 N–H and O–H groups in total. The molecule has 132 valence electrons. The molecule has 0 heterocycles. The van der Waals surface area contributed by atoms with Crippen LogP contribution in [-0.2, 0) is 0 Å². The maximum Gasteiger partial charge on any atom is 0.335 e. The van der Waals surface area contributed by atoms with Gasteiger partial charge < -0.3 is 19.9 Å². The number of benzene rings is 2. The first-order valence-corrected chi connectivity index (χ1v) is 8.21. The summed E-state index contributed by atoms with van der Waals surface area (Å²) in [5, 5.41) is 11.9. The molecule has 0 atom stereocenters. The maximum absolute atomic E-state index is 12.7. The Morgan fingerprint density at radius 1 is 1.12 bits per heavy atom. The van der Waals surface area contributed by atoms with E-state index in [2.05, 4.69) is 21.2 Å². The average Bonchev–Trinajstić information content (AvgIpc) is 2.53. The van der Waals surface area contributed by atoms with Crippen LogP contribution in [0.15, 0.2) is 28.7 Å². The van der Waals surface area contributed by atoms with Crippen molar-refractivity contribution in [2.45, 2.75) is 6.92 Å². The summed E-state index contributed by atoms with van der Waals surface area (Å²) in [7, 11) is 2.84. The standard InChI is InChI=1S/C17H15BrClNO5/c1-8-4-10(18)7-11(14(8)24-2)16(21)20-13-6-9(17(22)23)5-12(19)15(13)25-3/h4-7H,1-3H3,(H,20,21)(H,22,23). The second-order valence-corrected chi connectivity index (χ2v) is 6.42. The Kier molecular flexibility index (Phi) is 5.92. The Balaban J connectivity index is 2.50. The Morgan fingerprint density at radius 3 is 2.32 bits per heavy atom. The largest absolute Gasteiger partial charge is 0.496 e. The van der Waals surface area contributed by atoms with Crippen LogP contribution in [-0.4, -0.2) is 31.2 Å². The third-order valence-electron chi connectivity index (χ3n) is 3.43. The zero-order valence-electron chi connectivity index (χ0n) is 13.6. The Morgan fingerprint density at radius 2 is 1.76 bits per heavy atom. The number of carboxylic acids is 1. The number of methoxy groups -OCH3 is 2. The summed E-state index contributed by atoms with van der Waals surface area (Å²) >= 11 is 9.39. The van der Waals surface area contributed by atoms with Crippen LogP contribution in [0.2, 0.25) is 5.02 Å². The molecule has 25 heavy (non-hydrogen) atoms. The van der Waals surface area contributed by atoms with Crippen LogP contribution in [0.5, 0.6) is 11.5 Å². The Labute approximate surface area is 157 Å². The van der Waals surface area contributed by atoms with Gasteiger partial charge >= 0.3 is 5.97 Å². The van der Waals surface area contributed by atoms with E-state index in [0.717, 1.165) is 5.56 Å². The second-order valence-electron chi connectivity index (χ2n) is 5.10. The number of aryl methyl sites for hydroxylation is 1. The number of halogens is 2. The van der Waals surface area contributed by atoms with E-state index < -0.39 is 11.9 Å². The molecule has 2 rings (SSSR count). The van der Waals surface area contributed by atoms with E-state index >= 15 is 0 Å². The molecule has 0 aromatic heterocycles. The molecule has 0 unspecified atom stereocenters. The predicted octanol–water partition coefficient (Wildman–Crippen LogP) is 4.38. The van der Waals surface area contributed by atoms with Crippen molar-refractivity contribution in [3.63, 3.8) is 0 Å². The summed E-state index contributed by atoms with van der Waals surface area (Å²) < 4.78 is 11.2. The number of carbonyl (C=O) groups is 2. The molecule has 0 bridgehead atoms. The number of amides is 1. The van der Waals surface area contributed by atoms with E-state index in [1.54, 1.807) is 6.07 Å². The van der Waals surface area contributed by atoms with Crippen molar-refractivity contribution >= 4 is 45.1 Å². The number of aromatic carboxylic acids is 1. The van der Waals surface area contributed by atoms with Gasteiger partial charge in [0.05, 0.1) is 36.1 Å². The lowest BCUT2D eigenvalue weighted by atomic mass is 10.1. The molecule has 8 heteroatoms. The van der Waals surface area contributed by atoms with Gasteiger partial charge in [0.2, 0.25) is 0 Å². The van der Waals surface area contributed by atoms with Crippen molar-refractivity contribution in [1.82, 2.24) is 0 Å². The van der Waals surface area contributed by atoms with Crippen LogP contribution in [0.3, 0.4) is 0 Å². The van der Waals surface area contributed by atoms with E-state index in [1.807, 2.05) is 13.0 Å². The first-order chi connectivity index (χ1) is 11.8. The number of rotatable bonds is 5. The molecule has 0 saturated carbocycles. The van der Waals surface area contributed by atoms with E-state index in [1.165, 1.54) is 26.4 Å². The number of carbonyl (C=O) groups excluding carboxylic acids is 1. The predicted molar refractivity (Wildman–Crippen MR) is 98.3 cm³/mol. The molecule has 0 spiro atoms. The minimum atomic E-state index is -1.17. The van der Waals surface area contributed by atoms with Gasteiger partial charge in [0.25, 0.3) is 5.91 Å². The fraction of sp³-hybridized carbons (Fsp3) is 0.176. The molecule has 0 aliphatic heterocycles. The molecule has 2 aromatic rings. The summed E-state index contributed by atoms with van der Waals surface area (Å²) in [6.45, 7) is 1.81. The van der Waals surface area contributed by atoms with Crippen LogP contribution in [0.4, 0.5) is 5.69 Å². The highest BCUT2D eigenvalue weighted by Crippen LogP contribution is 2.36. The molecule has 0 aliphatic carbocycles. The van der Waals surface area contributed by atoms with Crippen molar-refractivity contribution in [2.75, 3.05) is 19.5 Å². The SMILES string of the molecule is COc1c(Cl)cc(C(=O)O)cc1NC(=O)c1cc(Br)cc(C)c1OC. The number of carboxylic acid groups (broad SMARTS) is 1. The molecule has 0 radical (unpaired) electrons. The van der Waals surface area contributed by atoms with Crippen LogP contribution < -0.4 is 14.8 Å². The first-order valence-electron chi connectivity index (χ1n) is 7.04. The van der Waals surface area contributed by atoms with E-state index in [0.29, 0.717) is 10.2 Å². The summed E-state index contributed by atoms with van der Waals surface area (Å²) in [4.78, 5) is 23.9. The highest BCUT2D eigenvalue weighted by molar-refractivity contribution is 9.10. The van der Waals surface area contributed by atoms with Crippen molar-refractivity contribution in [3.05, 3.63) is 50.5 Å². The van der Waals surface area contributed by atoms with Crippen LogP contribution in [0, 0.1) is 6.92 Å². The first kappa shape index (κ1) is 19.1. The Hall–Kier alpha value is -2.25. The van der Waals surface area contributed by atoms with Gasteiger partial charge in [0, 0.05) is 4.47 Å². The van der Waals surface area contributed by atoms with Gasteiger partial charge in [-0.25, -0.2) is 4.79 Å². The van der Waals surface area contributed by atoms with Gasteiger partial charge in [-0.2, -0.15) is 0 Å². The number of nitrogens with one attached hydrogen (secondary N) is 1. The normalized spacial score (nSPS) is 10.3. The minimum absolute atomic E-state index is 0.0708. The lowest BCUT2D eigenvalue weighted by molar-refractivity contribution is 0.0696. The van der Waals surface area contributed by atoms with Gasteiger partial charge in [-0.3, -0.25) is 4.79 Å². The molecule has 6 nitrogen and oxygen atoms in total. The van der Waals surface area contributed by atoms with E-state index in [9.17, 15) is 9.59 Å². The zero-order valence-corrected chi connectivity index (χ0v) is 16.0. The summed E-state index contributed by atoms with van der Waals surface area (Å²) in [5.41, 5.74) is 1.13. The van der Waals surface area contributed by atoms with Gasteiger partial charge in [0.1, 0.15) is 5.75 Å². The fourth-order valence-corrected chi connectivity index (χ4v) is 3.25. The van der Waals surface area contributed by atoms with E-state index in [-0.39, 0.29) is 27.6 Å². The Bertz CT molecular complexity index is 853. The number of anilines is 1. The van der Waals surface area contributed by atoms with Crippen LogP contribution >= 0.6 is 27.5 Å². The van der Waals surface area contributed by atoms with Crippen molar-refractivity contribution in [2.24, 2.45) is 0 Å². The average molecular weight is 429 g/mol. The molecule has 0 fully saturated rings. The summed E-state index contributed by atoms with van der Waals surface area (Å²) in [6, 6.07) is 5.96. The second kappa shape index (κ2) is 7.76. The molecule has 1 amide bonds. The molecule has 0 aliphatic rings. The lowest BCUT2D eigenvalue weighted by Gasteiger charge is -2.15. The van der Waals surface area contributed by atoms with Gasteiger partial charge in [-0.1, -0.05) is 27.5 Å². The smallest absolute Gasteiger partial charge is 0.335 e. The summed E-state index contributed by atoms with van der Waals surface area (Å²) in [6.07, 6.45) is 0. The van der Waals surface area contributed by atoms with Gasteiger partial charge in [0.15, 0.2) is 5.75 Å². The topological polar surface area (TPSA) is 84.9 Å². The quantitative estimate of drug-likeness (QED) is 0.738. The van der Waals surface area contributed by atoms with Crippen LogP contribution in [0.25, 0.3) is 0 Å². The van der Waals surface area contributed by atoms with Crippen molar-refractivity contribution < 1.29 is 24.2 Å². The third kappa shape index (κ3) is 4.05. The lowest BCUT2D eigenvalue weighted by Crippen LogP contribution is -2.15. The molecular formula is C17H15BrClNO5. The van der Waals surface area contributed by atoms with Gasteiger partial charge in [-0.05, 0) is 36.8 Å². The number of hydrogen-bond donors (Lipinski definition) is 2. The highest BCUT2D eigenvalue weighted by atomic mass is 79.9. The zero-order chi connectivity index (χ0) is 18.7. The fourth-order valence-electron chi connectivity index (χ4n) is 2.38. The van der Waals surface area contributed by atoms with E-state index in [4.69, 9.17) is 26.2 Å². The monoisotopic (exact) mass is 427 g/mol. The molecule has 2 aromatic carbocycles. The molecular weight excluding hydrogens is 414 g/mol. The number of ether oxygens (including phenoxy) is 2. The van der Waals surface area contributed by atoms with Crippen molar-refractivity contribution in [1.29, 1.82) is 0 Å². The summed E-state index contributed by atoms with van der Waals surface area (Å²) in [5.74, 6) is -1.07. The number of hydrogen-bond acceptors (Lipinski definition) is 4. The third-order valence-corrected chi connectivity index (χ3v) is 4.17. The minimum Gasteiger partial charge on any atom is -0.496 e. The van der Waals surface area contributed by atoms with Crippen molar-refractivity contribution in [3.8, 4) is 11.5 Å². The molecule has 0 saturated heterocycles. The van der Waals surface area contributed by atoms with Crippen LogP contribution in [0.1, 0.15) is 26.3 Å².